The molecule has 0 spiro atoms. The normalized spacial score (nSPS) is 20.6. The van der Waals surface area contributed by atoms with E-state index >= 15 is 0 Å². The summed E-state index contributed by atoms with van der Waals surface area (Å²) < 4.78 is 14.0. The molecule has 2 N–H and O–H groups in total. The highest BCUT2D eigenvalue weighted by Gasteiger charge is 2.45. The number of halogens is 1. The molecule has 1 aromatic carbocycles. The fraction of sp³-hybridized carbons (Fsp3) is 0.471. The Morgan fingerprint density at radius 2 is 2.00 bits per heavy atom. The fourth-order valence-electron chi connectivity index (χ4n) is 2.96. The van der Waals surface area contributed by atoms with Gasteiger partial charge in [0.25, 0.3) is 0 Å². The topological polar surface area (TPSA) is 36.4 Å². The molecule has 0 heterocycles. The van der Waals surface area contributed by atoms with E-state index in [1.807, 2.05) is 12.1 Å². The molecule has 0 saturated heterocycles. The van der Waals surface area contributed by atoms with Gasteiger partial charge in [0.2, 0.25) is 0 Å². The molecular weight excluding hydrogens is 265 g/mol. The molecule has 3 rings (SSSR count). The number of rotatable bonds is 4. The Hall–Kier alpha value is -1.84. The molecular formula is C17H22FN3. The van der Waals surface area contributed by atoms with Crippen LogP contribution in [-0.4, -0.2) is 25.6 Å². The number of nitrogens with zero attached hydrogens (tertiary/aromatic N) is 1. The van der Waals surface area contributed by atoms with Crippen LogP contribution in [0.2, 0.25) is 0 Å². The summed E-state index contributed by atoms with van der Waals surface area (Å²) in [5, 5.41) is 6.78. The Morgan fingerprint density at radius 1 is 1.29 bits per heavy atom. The van der Waals surface area contributed by atoms with E-state index in [0.717, 1.165) is 43.8 Å². The zero-order chi connectivity index (χ0) is 14.7. The van der Waals surface area contributed by atoms with Crippen molar-refractivity contribution in [1.29, 1.82) is 0 Å². The smallest absolute Gasteiger partial charge is 0.191 e. The molecule has 0 amide bonds. The van der Waals surface area contributed by atoms with Gasteiger partial charge in [-0.2, -0.15) is 0 Å². The van der Waals surface area contributed by atoms with Crippen LogP contribution in [0.3, 0.4) is 0 Å². The summed E-state index contributed by atoms with van der Waals surface area (Å²) in [5.74, 6) is 0.714. The predicted molar refractivity (Wildman–Crippen MR) is 84.0 cm³/mol. The second-order valence-electron chi connectivity index (χ2n) is 5.97. The third-order valence-electron chi connectivity index (χ3n) is 4.47. The van der Waals surface area contributed by atoms with Gasteiger partial charge < -0.3 is 10.6 Å². The molecule has 2 aliphatic carbocycles. The molecule has 4 heteroatoms. The maximum atomic E-state index is 14.0. The first-order valence-electron chi connectivity index (χ1n) is 7.61. The molecule has 1 aromatic rings. The summed E-state index contributed by atoms with van der Waals surface area (Å²) in [6, 6.07) is 7.54. The predicted octanol–water partition coefficient (Wildman–Crippen LogP) is 2.74. The Balaban J connectivity index is 1.60. The first-order valence-corrected chi connectivity index (χ1v) is 7.61. The SMILES string of the molecule is CN=C(NCC1(c2ccccc2F)CC1)NC1CC=CC1. The Morgan fingerprint density at radius 3 is 2.62 bits per heavy atom. The van der Waals surface area contributed by atoms with E-state index < -0.39 is 0 Å². The third kappa shape index (κ3) is 3.09. The largest absolute Gasteiger partial charge is 0.356 e. The fourth-order valence-corrected chi connectivity index (χ4v) is 2.96. The van der Waals surface area contributed by atoms with Crippen LogP contribution in [0.15, 0.2) is 41.4 Å². The molecule has 0 aliphatic heterocycles. The number of hydrogen-bond acceptors (Lipinski definition) is 1. The van der Waals surface area contributed by atoms with Crippen LogP contribution in [-0.2, 0) is 5.41 Å². The number of hydrogen-bond donors (Lipinski definition) is 2. The molecule has 0 aromatic heterocycles. The third-order valence-corrected chi connectivity index (χ3v) is 4.47. The van der Waals surface area contributed by atoms with Gasteiger partial charge in [0.1, 0.15) is 5.82 Å². The van der Waals surface area contributed by atoms with E-state index in [2.05, 4.69) is 27.8 Å². The van der Waals surface area contributed by atoms with E-state index in [-0.39, 0.29) is 11.2 Å². The molecule has 3 nitrogen and oxygen atoms in total. The van der Waals surface area contributed by atoms with Crippen LogP contribution in [0.4, 0.5) is 4.39 Å². The number of guanidine groups is 1. The lowest BCUT2D eigenvalue weighted by Crippen LogP contribution is -2.45. The first kappa shape index (κ1) is 14.1. The van der Waals surface area contributed by atoms with Crippen molar-refractivity contribution in [3.8, 4) is 0 Å². The summed E-state index contributed by atoms with van der Waals surface area (Å²) in [7, 11) is 1.78. The molecule has 112 valence electrons. The average Bonchev–Trinajstić information content (AvgIpc) is 3.11. The van der Waals surface area contributed by atoms with Crippen molar-refractivity contribution in [2.45, 2.75) is 37.1 Å². The molecule has 0 atom stereocenters. The summed E-state index contributed by atoms with van der Waals surface area (Å²) >= 11 is 0. The van der Waals surface area contributed by atoms with E-state index in [9.17, 15) is 4.39 Å². The molecule has 21 heavy (non-hydrogen) atoms. The summed E-state index contributed by atoms with van der Waals surface area (Å²) in [6.07, 6.45) is 8.52. The standard InChI is InChI=1S/C17H22FN3/c1-19-16(21-13-6-2-3-7-13)20-12-17(10-11-17)14-8-4-5-9-15(14)18/h2-5,8-9,13H,6-7,10-12H2,1H3,(H2,19,20,21). The van der Waals surface area contributed by atoms with Crippen LogP contribution < -0.4 is 10.6 Å². The zero-order valence-electron chi connectivity index (χ0n) is 12.4. The lowest BCUT2D eigenvalue weighted by Gasteiger charge is -2.21. The maximum absolute atomic E-state index is 14.0. The molecule has 0 unspecified atom stereocenters. The molecule has 0 bridgehead atoms. The maximum Gasteiger partial charge on any atom is 0.191 e. The lowest BCUT2D eigenvalue weighted by atomic mass is 9.95. The van der Waals surface area contributed by atoms with Gasteiger partial charge in [-0.15, -0.1) is 0 Å². The summed E-state index contributed by atoms with van der Waals surface area (Å²) in [4.78, 5) is 4.27. The van der Waals surface area contributed by atoms with Gasteiger partial charge in [-0.05, 0) is 37.3 Å². The molecule has 0 radical (unpaired) electrons. The van der Waals surface area contributed by atoms with E-state index in [4.69, 9.17) is 0 Å². The van der Waals surface area contributed by atoms with Crippen molar-refractivity contribution in [3.05, 3.63) is 47.8 Å². The zero-order valence-corrected chi connectivity index (χ0v) is 12.4. The van der Waals surface area contributed by atoms with Crippen LogP contribution >= 0.6 is 0 Å². The van der Waals surface area contributed by atoms with E-state index in [1.165, 1.54) is 0 Å². The van der Waals surface area contributed by atoms with Crippen molar-refractivity contribution in [1.82, 2.24) is 10.6 Å². The van der Waals surface area contributed by atoms with E-state index in [1.54, 1.807) is 19.2 Å². The Bertz CT molecular complexity index is 553. The van der Waals surface area contributed by atoms with E-state index in [0.29, 0.717) is 6.04 Å². The van der Waals surface area contributed by atoms with Gasteiger partial charge in [0.15, 0.2) is 5.96 Å². The second-order valence-corrected chi connectivity index (χ2v) is 5.97. The minimum atomic E-state index is -0.0975. The minimum absolute atomic E-state index is 0.0586. The van der Waals surface area contributed by atoms with Gasteiger partial charge in [-0.25, -0.2) is 4.39 Å². The van der Waals surface area contributed by atoms with Crippen molar-refractivity contribution in [3.63, 3.8) is 0 Å². The minimum Gasteiger partial charge on any atom is -0.356 e. The Kier molecular flexibility index (Phi) is 3.95. The van der Waals surface area contributed by atoms with Crippen molar-refractivity contribution in [2.75, 3.05) is 13.6 Å². The average molecular weight is 287 g/mol. The van der Waals surface area contributed by atoms with Crippen LogP contribution in [0.25, 0.3) is 0 Å². The Labute approximate surface area is 125 Å². The van der Waals surface area contributed by atoms with Gasteiger partial charge >= 0.3 is 0 Å². The number of benzene rings is 1. The van der Waals surface area contributed by atoms with Gasteiger partial charge in [-0.3, -0.25) is 4.99 Å². The number of nitrogens with one attached hydrogen (secondary N) is 2. The molecule has 2 aliphatic rings. The quantitative estimate of drug-likeness (QED) is 0.507. The lowest BCUT2D eigenvalue weighted by molar-refractivity contribution is 0.555. The highest BCUT2D eigenvalue weighted by atomic mass is 19.1. The summed E-state index contributed by atoms with van der Waals surface area (Å²) in [6.45, 7) is 0.730. The monoisotopic (exact) mass is 287 g/mol. The highest BCUT2D eigenvalue weighted by molar-refractivity contribution is 5.80. The molecule has 1 fully saturated rings. The first-order chi connectivity index (χ1) is 10.2. The number of aliphatic imine (C=N–C) groups is 1. The van der Waals surface area contributed by atoms with Gasteiger partial charge in [0.05, 0.1) is 0 Å². The van der Waals surface area contributed by atoms with Crippen LogP contribution in [0.5, 0.6) is 0 Å². The molecule has 1 saturated carbocycles. The van der Waals surface area contributed by atoms with Crippen molar-refractivity contribution >= 4 is 5.96 Å². The van der Waals surface area contributed by atoms with Gasteiger partial charge in [-0.1, -0.05) is 30.4 Å². The second kappa shape index (κ2) is 5.88. The van der Waals surface area contributed by atoms with Crippen LogP contribution in [0.1, 0.15) is 31.2 Å². The van der Waals surface area contributed by atoms with Crippen molar-refractivity contribution < 1.29 is 4.39 Å². The highest BCUT2D eigenvalue weighted by Crippen LogP contribution is 2.48. The van der Waals surface area contributed by atoms with Crippen molar-refractivity contribution in [2.24, 2.45) is 4.99 Å². The van der Waals surface area contributed by atoms with Crippen LogP contribution in [0, 0.1) is 5.82 Å². The van der Waals surface area contributed by atoms with Gasteiger partial charge in [0, 0.05) is 25.0 Å². The summed E-state index contributed by atoms with van der Waals surface area (Å²) in [5.41, 5.74) is 0.771.